The van der Waals surface area contributed by atoms with E-state index in [0.29, 0.717) is 26.1 Å². The monoisotopic (exact) mass is 388 g/mol. The van der Waals surface area contributed by atoms with Gasteiger partial charge in [-0.05, 0) is 47.5 Å². The molecule has 0 radical (unpaired) electrons. The highest BCUT2D eigenvalue weighted by molar-refractivity contribution is 6.14. The first-order valence-corrected chi connectivity index (χ1v) is 9.46. The number of hydrogen-bond acceptors (Lipinski definition) is 5. The van der Waals surface area contributed by atoms with Gasteiger partial charge in [0.1, 0.15) is 11.5 Å². The summed E-state index contributed by atoms with van der Waals surface area (Å²) in [6, 6.07) is 17.4. The van der Waals surface area contributed by atoms with Gasteiger partial charge in [0.2, 0.25) is 0 Å². The van der Waals surface area contributed by atoms with Crippen molar-refractivity contribution >= 4 is 17.9 Å². The number of nitrogens with zero attached hydrogens (tertiary/aromatic N) is 2. The summed E-state index contributed by atoms with van der Waals surface area (Å²) in [5, 5.41) is 8.95. The van der Waals surface area contributed by atoms with Crippen LogP contribution in [-0.2, 0) is 4.79 Å². The molecule has 0 spiro atoms. The summed E-state index contributed by atoms with van der Waals surface area (Å²) in [7, 11) is 3.25. The van der Waals surface area contributed by atoms with Crippen LogP contribution in [0.3, 0.4) is 0 Å². The van der Waals surface area contributed by atoms with Gasteiger partial charge in [-0.1, -0.05) is 24.3 Å². The molecule has 0 aromatic heterocycles. The molecular formula is C24H24N2O3. The van der Waals surface area contributed by atoms with Gasteiger partial charge in [0.15, 0.2) is 5.78 Å². The molecule has 1 fully saturated rings. The second kappa shape index (κ2) is 9.72. The third kappa shape index (κ3) is 5.34. The Hall–Kier alpha value is -3.36. The van der Waals surface area contributed by atoms with E-state index in [9.17, 15) is 4.79 Å². The fraction of sp³-hybridized carbons (Fsp3) is 0.250. The van der Waals surface area contributed by atoms with Crippen LogP contribution >= 0.6 is 0 Å². The average molecular weight is 388 g/mol. The van der Waals surface area contributed by atoms with E-state index in [-0.39, 0.29) is 5.78 Å². The Bertz CT molecular complexity index is 882. The molecule has 1 heterocycles. The van der Waals surface area contributed by atoms with Crippen LogP contribution in [0.25, 0.3) is 12.2 Å². The molecule has 0 unspecified atom stereocenters. The Labute approximate surface area is 171 Å². The van der Waals surface area contributed by atoms with Gasteiger partial charge in [0.25, 0.3) is 0 Å². The molecule has 1 aliphatic rings. The van der Waals surface area contributed by atoms with E-state index in [4.69, 9.17) is 14.7 Å². The molecule has 0 amide bonds. The van der Waals surface area contributed by atoms with Crippen molar-refractivity contribution in [2.75, 3.05) is 33.9 Å². The SMILES string of the molecule is COc1ccc(/C=C2/CN(CCC#N)C/C(=C\c3ccc(OC)cc3)C2=O)cc1. The molecule has 2 aromatic rings. The van der Waals surface area contributed by atoms with Crippen molar-refractivity contribution in [2.24, 2.45) is 0 Å². The zero-order chi connectivity index (χ0) is 20.6. The van der Waals surface area contributed by atoms with Crippen molar-refractivity contribution in [3.05, 3.63) is 70.8 Å². The predicted octanol–water partition coefficient (Wildman–Crippen LogP) is 3.97. The van der Waals surface area contributed by atoms with Crippen LogP contribution in [0.5, 0.6) is 11.5 Å². The molecule has 2 aromatic carbocycles. The van der Waals surface area contributed by atoms with Crippen molar-refractivity contribution in [3.63, 3.8) is 0 Å². The van der Waals surface area contributed by atoms with E-state index in [0.717, 1.165) is 33.8 Å². The first kappa shape index (κ1) is 20.4. The fourth-order valence-corrected chi connectivity index (χ4v) is 3.28. The number of methoxy groups -OCH3 is 2. The van der Waals surface area contributed by atoms with Crippen molar-refractivity contribution in [3.8, 4) is 17.6 Å². The van der Waals surface area contributed by atoms with Crippen LogP contribution in [0.2, 0.25) is 0 Å². The minimum atomic E-state index is 0.0462. The highest BCUT2D eigenvalue weighted by Crippen LogP contribution is 2.23. The lowest BCUT2D eigenvalue weighted by atomic mass is 9.94. The largest absolute Gasteiger partial charge is 0.497 e. The molecule has 148 valence electrons. The number of benzene rings is 2. The average Bonchev–Trinajstić information content (AvgIpc) is 2.76. The number of ketones is 1. The molecule has 5 heteroatoms. The zero-order valence-electron chi connectivity index (χ0n) is 16.7. The molecule has 1 aliphatic heterocycles. The van der Waals surface area contributed by atoms with Crippen molar-refractivity contribution in [1.29, 1.82) is 5.26 Å². The second-order valence-electron chi connectivity index (χ2n) is 6.83. The smallest absolute Gasteiger partial charge is 0.187 e. The van der Waals surface area contributed by atoms with Crippen LogP contribution in [0.4, 0.5) is 0 Å². The van der Waals surface area contributed by atoms with E-state index in [2.05, 4.69) is 11.0 Å². The molecule has 0 atom stereocenters. The number of rotatable bonds is 6. The summed E-state index contributed by atoms with van der Waals surface area (Å²) in [5.74, 6) is 1.60. The molecule has 0 N–H and O–H groups in total. The number of ether oxygens (including phenoxy) is 2. The van der Waals surface area contributed by atoms with Gasteiger partial charge >= 0.3 is 0 Å². The summed E-state index contributed by atoms with van der Waals surface area (Å²) in [6.07, 6.45) is 4.27. The Morgan fingerprint density at radius 2 is 1.34 bits per heavy atom. The minimum absolute atomic E-state index is 0.0462. The summed E-state index contributed by atoms with van der Waals surface area (Å²) < 4.78 is 10.4. The van der Waals surface area contributed by atoms with Crippen LogP contribution in [0.1, 0.15) is 17.5 Å². The highest BCUT2D eigenvalue weighted by Gasteiger charge is 2.25. The number of hydrogen-bond donors (Lipinski definition) is 0. The van der Waals surface area contributed by atoms with Gasteiger partial charge in [-0.15, -0.1) is 0 Å². The van der Waals surface area contributed by atoms with Crippen LogP contribution in [-0.4, -0.2) is 44.5 Å². The van der Waals surface area contributed by atoms with Gasteiger partial charge in [0, 0.05) is 37.2 Å². The zero-order valence-corrected chi connectivity index (χ0v) is 16.7. The second-order valence-corrected chi connectivity index (χ2v) is 6.83. The first-order chi connectivity index (χ1) is 14.1. The maximum Gasteiger partial charge on any atom is 0.187 e. The molecule has 0 saturated carbocycles. The predicted molar refractivity (Wildman–Crippen MR) is 114 cm³/mol. The number of carbonyl (C=O) groups excluding carboxylic acids is 1. The van der Waals surface area contributed by atoms with Crippen LogP contribution in [0.15, 0.2) is 59.7 Å². The minimum Gasteiger partial charge on any atom is -0.497 e. The highest BCUT2D eigenvalue weighted by atomic mass is 16.5. The van der Waals surface area contributed by atoms with Gasteiger partial charge in [0.05, 0.1) is 20.3 Å². The number of Topliss-reactive ketones (excluding diaryl/α,β-unsaturated/α-hetero) is 1. The standard InChI is InChI=1S/C24H24N2O3/c1-28-22-8-4-18(5-9-22)14-20-16-26(13-3-12-25)17-21(24(20)27)15-19-6-10-23(29-2)11-7-19/h4-11,14-15H,3,13,16-17H2,1-2H3/b20-14-,21-15+. The van der Waals surface area contributed by atoms with E-state index >= 15 is 0 Å². The lowest BCUT2D eigenvalue weighted by molar-refractivity contribution is -0.113. The summed E-state index contributed by atoms with van der Waals surface area (Å²) >= 11 is 0. The molecule has 0 aliphatic carbocycles. The molecule has 5 nitrogen and oxygen atoms in total. The molecule has 29 heavy (non-hydrogen) atoms. The van der Waals surface area contributed by atoms with E-state index in [1.807, 2.05) is 60.7 Å². The van der Waals surface area contributed by atoms with Crippen LogP contribution < -0.4 is 9.47 Å². The number of likely N-dealkylation sites (tertiary alicyclic amines) is 1. The summed E-state index contributed by atoms with van der Waals surface area (Å²) in [5.41, 5.74) is 3.33. The van der Waals surface area contributed by atoms with Crippen molar-refractivity contribution in [1.82, 2.24) is 4.90 Å². The first-order valence-electron chi connectivity index (χ1n) is 9.46. The third-order valence-electron chi connectivity index (χ3n) is 4.82. The Kier molecular flexibility index (Phi) is 6.83. The normalized spacial score (nSPS) is 17.3. The van der Waals surface area contributed by atoms with Gasteiger partial charge < -0.3 is 9.47 Å². The summed E-state index contributed by atoms with van der Waals surface area (Å²) in [4.78, 5) is 15.3. The van der Waals surface area contributed by atoms with Crippen molar-refractivity contribution < 1.29 is 14.3 Å². The number of nitriles is 1. The summed E-state index contributed by atoms with van der Waals surface area (Å²) in [6.45, 7) is 1.70. The topological polar surface area (TPSA) is 62.6 Å². The van der Waals surface area contributed by atoms with Crippen LogP contribution in [0, 0.1) is 11.3 Å². The van der Waals surface area contributed by atoms with Gasteiger partial charge in [-0.25, -0.2) is 0 Å². The molecule has 0 bridgehead atoms. The maximum atomic E-state index is 13.1. The van der Waals surface area contributed by atoms with Crippen molar-refractivity contribution in [2.45, 2.75) is 6.42 Å². The lowest BCUT2D eigenvalue weighted by Crippen LogP contribution is -2.38. The Morgan fingerprint density at radius 3 is 1.72 bits per heavy atom. The molecule has 3 rings (SSSR count). The Balaban J connectivity index is 1.90. The van der Waals surface area contributed by atoms with E-state index in [1.54, 1.807) is 14.2 Å². The number of piperidine rings is 1. The van der Waals surface area contributed by atoms with E-state index < -0.39 is 0 Å². The quantitative estimate of drug-likeness (QED) is 0.701. The van der Waals surface area contributed by atoms with Gasteiger partial charge in [-0.3, -0.25) is 9.69 Å². The maximum absolute atomic E-state index is 13.1. The third-order valence-corrected chi connectivity index (χ3v) is 4.82. The van der Waals surface area contributed by atoms with Gasteiger partial charge in [-0.2, -0.15) is 5.26 Å². The fourth-order valence-electron chi connectivity index (χ4n) is 3.28. The number of carbonyl (C=O) groups is 1. The molecule has 1 saturated heterocycles. The Morgan fingerprint density at radius 1 is 0.897 bits per heavy atom. The molecular weight excluding hydrogens is 364 g/mol. The van der Waals surface area contributed by atoms with E-state index in [1.165, 1.54) is 0 Å². The lowest BCUT2D eigenvalue weighted by Gasteiger charge is -2.29.